The van der Waals surface area contributed by atoms with Crippen LogP contribution < -0.4 is 4.90 Å². The SMILES string of the molecule is C=C(C)Cc1ccc(N(C)C(C)CCCc2cccnc2)cc1. The summed E-state index contributed by atoms with van der Waals surface area (Å²) in [5.41, 5.74) is 5.14. The number of hydrogen-bond donors (Lipinski definition) is 0. The molecule has 1 heterocycles. The van der Waals surface area contributed by atoms with Gasteiger partial charge in [0.1, 0.15) is 0 Å². The van der Waals surface area contributed by atoms with Crippen LogP contribution in [0, 0.1) is 0 Å². The number of allylic oxidation sites excluding steroid dienone is 1. The molecule has 2 aromatic rings. The first-order chi connectivity index (χ1) is 11.1. The highest BCUT2D eigenvalue weighted by molar-refractivity contribution is 5.48. The van der Waals surface area contributed by atoms with Gasteiger partial charge in [0, 0.05) is 31.2 Å². The molecular weight excluding hydrogens is 280 g/mol. The molecule has 0 N–H and O–H groups in total. The first-order valence-electron chi connectivity index (χ1n) is 8.41. The molecular formula is C21H28N2. The molecule has 0 spiro atoms. The van der Waals surface area contributed by atoms with Gasteiger partial charge in [-0.15, -0.1) is 0 Å². The van der Waals surface area contributed by atoms with Crippen molar-refractivity contribution in [2.24, 2.45) is 0 Å². The van der Waals surface area contributed by atoms with Gasteiger partial charge in [-0.3, -0.25) is 4.98 Å². The van der Waals surface area contributed by atoms with Gasteiger partial charge in [-0.2, -0.15) is 0 Å². The van der Waals surface area contributed by atoms with E-state index >= 15 is 0 Å². The van der Waals surface area contributed by atoms with Crippen molar-refractivity contribution in [1.82, 2.24) is 4.98 Å². The summed E-state index contributed by atoms with van der Waals surface area (Å²) in [4.78, 5) is 6.55. The molecule has 0 aliphatic carbocycles. The van der Waals surface area contributed by atoms with Crippen LogP contribution in [0.15, 0.2) is 60.9 Å². The molecule has 23 heavy (non-hydrogen) atoms. The molecule has 122 valence electrons. The highest BCUT2D eigenvalue weighted by Crippen LogP contribution is 2.20. The Hall–Kier alpha value is -2.09. The van der Waals surface area contributed by atoms with Crippen LogP contribution in [-0.2, 0) is 12.8 Å². The summed E-state index contributed by atoms with van der Waals surface area (Å²) >= 11 is 0. The average Bonchev–Trinajstić information content (AvgIpc) is 2.55. The maximum atomic E-state index is 4.18. The van der Waals surface area contributed by atoms with Crippen molar-refractivity contribution in [3.63, 3.8) is 0 Å². The zero-order valence-corrected chi connectivity index (χ0v) is 14.6. The molecule has 0 radical (unpaired) electrons. The summed E-state index contributed by atoms with van der Waals surface area (Å²) in [6.45, 7) is 8.35. The van der Waals surface area contributed by atoms with Crippen molar-refractivity contribution in [2.75, 3.05) is 11.9 Å². The largest absolute Gasteiger partial charge is 0.372 e. The van der Waals surface area contributed by atoms with E-state index < -0.39 is 0 Å². The number of anilines is 1. The number of benzene rings is 1. The van der Waals surface area contributed by atoms with E-state index in [-0.39, 0.29) is 0 Å². The summed E-state index contributed by atoms with van der Waals surface area (Å²) in [7, 11) is 2.18. The second kappa shape index (κ2) is 8.52. The van der Waals surface area contributed by atoms with Gasteiger partial charge in [0.2, 0.25) is 0 Å². The van der Waals surface area contributed by atoms with Crippen LogP contribution in [0.1, 0.15) is 37.8 Å². The van der Waals surface area contributed by atoms with E-state index in [0.29, 0.717) is 6.04 Å². The Morgan fingerprint density at radius 1 is 1.17 bits per heavy atom. The molecule has 2 heteroatoms. The topological polar surface area (TPSA) is 16.1 Å². The van der Waals surface area contributed by atoms with Gasteiger partial charge in [0.05, 0.1) is 0 Å². The van der Waals surface area contributed by atoms with Crippen LogP contribution >= 0.6 is 0 Å². The van der Waals surface area contributed by atoms with E-state index in [4.69, 9.17) is 0 Å². The van der Waals surface area contributed by atoms with Crippen LogP contribution in [-0.4, -0.2) is 18.1 Å². The van der Waals surface area contributed by atoms with Crippen molar-refractivity contribution in [3.05, 3.63) is 72.1 Å². The van der Waals surface area contributed by atoms with Gasteiger partial charge in [0.15, 0.2) is 0 Å². The third-order valence-electron chi connectivity index (χ3n) is 4.32. The third-order valence-corrected chi connectivity index (χ3v) is 4.32. The van der Waals surface area contributed by atoms with Crippen molar-refractivity contribution in [2.45, 2.75) is 45.6 Å². The third kappa shape index (κ3) is 5.55. The fourth-order valence-electron chi connectivity index (χ4n) is 2.79. The number of nitrogens with zero attached hydrogens (tertiary/aromatic N) is 2. The molecule has 0 aliphatic rings. The molecule has 0 bridgehead atoms. The van der Waals surface area contributed by atoms with Crippen molar-refractivity contribution < 1.29 is 0 Å². The normalized spacial score (nSPS) is 12.0. The Morgan fingerprint density at radius 2 is 1.91 bits per heavy atom. The Morgan fingerprint density at radius 3 is 2.52 bits per heavy atom. The zero-order chi connectivity index (χ0) is 16.7. The number of hydrogen-bond acceptors (Lipinski definition) is 2. The highest BCUT2D eigenvalue weighted by Gasteiger charge is 2.10. The van der Waals surface area contributed by atoms with Gasteiger partial charge >= 0.3 is 0 Å². The Labute approximate surface area is 140 Å². The maximum Gasteiger partial charge on any atom is 0.0366 e. The molecule has 1 aromatic carbocycles. The summed E-state index contributed by atoms with van der Waals surface area (Å²) in [5, 5.41) is 0. The first-order valence-corrected chi connectivity index (χ1v) is 8.41. The van der Waals surface area contributed by atoms with Gasteiger partial charge in [-0.25, -0.2) is 0 Å². The van der Waals surface area contributed by atoms with E-state index in [9.17, 15) is 0 Å². The minimum atomic E-state index is 0.527. The first kappa shape index (κ1) is 17.3. The van der Waals surface area contributed by atoms with E-state index in [1.807, 2.05) is 18.5 Å². The van der Waals surface area contributed by atoms with E-state index in [1.54, 1.807) is 0 Å². The lowest BCUT2D eigenvalue weighted by Gasteiger charge is -2.27. The average molecular weight is 308 g/mol. The van der Waals surface area contributed by atoms with Gasteiger partial charge < -0.3 is 4.90 Å². The molecule has 0 amide bonds. The molecule has 0 saturated heterocycles. The fourth-order valence-corrected chi connectivity index (χ4v) is 2.79. The molecule has 2 rings (SSSR count). The smallest absolute Gasteiger partial charge is 0.0366 e. The minimum absolute atomic E-state index is 0.527. The number of aryl methyl sites for hydroxylation is 1. The van der Waals surface area contributed by atoms with Crippen LogP contribution in [0.25, 0.3) is 0 Å². The summed E-state index contributed by atoms with van der Waals surface area (Å²) < 4.78 is 0. The van der Waals surface area contributed by atoms with Gasteiger partial charge in [-0.05, 0) is 68.9 Å². The van der Waals surface area contributed by atoms with E-state index in [1.165, 1.54) is 35.2 Å². The lowest BCUT2D eigenvalue weighted by atomic mass is 10.0. The molecule has 2 nitrogen and oxygen atoms in total. The predicted octanol–water partition coefficient (Wildman–Crippen LogP) is 5.05. The molecule has 1 unspecified atom stereocenters. The van der Waals surface area contributed by atoms with Crippen LogP contribution in [0.4, 0.5) is 5.69 Å². The lowest BCUT2D eigenvalue weighted by molar-refractivity contribution is 0.594. The standard InChI is InChI=1S/C21H28N2/c1-17(2)15-19-10-12-21(13-11-19)23(4)18(3)7-5-8-20-9-6-14-22-16-20/h6,9-14,16,18H,1,5,7-8,15H2,2-4H3. The van der Waals surface area contributed by atoms with E-state index in [0.717, 1.165) is 12.8 Å². The summed E-state index contributed by atoms with van der Waals surface area (Å²) in [6.07, 6.45) is 8.23. The molecule has 0 aliphatic heterocycles. The van der Waals surface area contributed by atoms with Crippen molar-refractivity contribution in [3.8, 4) is 0 Å². The maximum absolute atomic E-state index is 4.18. The molecule has 1 aromatic heterocycles. The predicted molar refractivity (Wildman–Crippen MR) is 100 cm³/mol. The van der Waals surface area contributed by atoms with Crippen LogP contribution in [0.2, 0.25) is 0 Å². The quantitative estimate of drug-likeness (QED) is 0.635. The van der Waals surface area contributed by atoms with Crippen LogP contribution in [0.5, 0.6) is 0 Å². The fraction of sp³-hybridized carbons (Fsp3) is 0.381. The number of pyridine rings is 1. The van der Waals surface area contributed by atoms with Crippen molar-refractivity contribution in [1.29, 1.82) is 0 Å². The number of aromatic nitrogens is 1. The van der Waals surface area contributed by atoms with Gasteiger partial charge in [-0.1, -0.05) is 30.4 Å². The molecule has 0 fully saturated rings. The molecule has 0 saturated carbocycles. The summed E-state index contributed by atoms with van der Waals surface area (Å²) in [6, 6.07) is 13.6. The number of rotatable bonds is 8. The van der Waals surface area contributed by atoms with Crippen LogP contribution in [0.3, 0.4) is 0 Å². The monoisotopic (exact) mass is 308 g/mol. The van der Waals surface area contributed by atoms with Gasteiger partial charge in [0.25, 0.3) is 0 Å². The van der Waals surface area contributed by atoms with Crippen molar-refractivity contribution >= 4 is 5.69 Å². The second-order valence-corrected chi connectivity index (χ2v) is 6.51. The second-order valence-electron chi connectivity index (χ2n) is 6.51. The Balaban J connectivity index is 1.84. The zero-order valence-electron chi connectivity index (χ0n) is 14.6. The summed E-state index contributed by atoms with van der Waals surface area (Å²) in [5.74, 6) is 0. The Bertz CT molecular complexity index is 601. The highest BCUT2D eigenvalue weighted by atomic mass is 15.1. The Kier molecular flexibility index (Phi) is 6.40. The molecule has 1 atom stereocenters. The lowest BCUT2D eigenvalue weighted by Crippen LogP contribution is -2.28. The minimum Gasteiger partial charge on any atom is -0.372 e. The van der Waals surface area contributed by atoms with E-state index in [2.05, 4.69) is 67.7 Å².